The quantitative estimate of drug-likeness (QED) is 0.843. The first kappa shape index (κ1) is 17.4. The van der Waals surface area contributed by atoms with Crippen LogP contribution in [0.4, 0.5) is 0 Å². The minimum atomic E-state index is -0.870. The van der Waals surface area contributed by atoms with Gasteiger partial charge >= 0.3 is 0 Å². The largest absolute Gasteiger partial charge is 0.390 e. The molecule has 2 aliphatic heterocycles. The van der Waals surface area contributed by atoms with E-state index < -0.39 is 17.8 Å². The van der Waals surface area contributed by atoms with Crippen LogP contribution in [-0.4, -0.2) is 63.7 Å². The minimum Gasteiger partial charge on any atom is -0.390 e. The lowest BCUT2D eigenvalue weighted by molar-refractivity contribution is -0.214. The second-order valence-electron chi connectivity index (χ2n) is 6.90. The van der Waals surface area contributed by atoms with E-state index in [9.17, 15) is 15.0 Å². The van der Waals surface area contributed by atoms with Gasteiger partial charge in [0.2, 0.25) is 5.91 Å². The summed E-state index contributed by atoms with van der Waals surface area (Å²) in [6, 6.07) is 0. The Kier molecular flexibility index (Phi) is 4.94. The van der Waals surface area contributed by atoms with Gasteiger partial charge in [0, 0.05) is 25.1 Å². The molecular weight excluding hydrogens is 312 g/mol. The fourth-order valence-electron chi connectivity index (χ4n) is 3.80. The highest BCUT2D eigenvalue weighted by Crippen LogP contribution is 2.35. The molecule has 2 N–H and O–H groups in total. The van der Waals surface area contributed by atoms with Crippen molar-refractivity contribution in [3.63, 3.8) is 0 Å². The van der Waals surface area contributed by atoms with Gasteiger partial charge in [-0.3, -0.25) is 4.79 Å². The van der Waals surface area contributed by atoms with Crippen LogP contribution in [0.1, 0.15) is 42.7 Å². The normalized spacial score (nSPS) is 26.8. The van der Waals surface area contributed by atoms with Crippen LogP contribution in [0.2, 0.25) is 0 Å². The zero-order valence-corrected chi connectivity index (χ0v) is 14.3. The van der Waals surface area contributed by atoms with Gasteiger partial charge < -0.3 is 24.4 Å². The molecule has 2 atom stereocenters. The summed E-state index contributed by atoms with van der Waals surface area (Å²) >= 11 is 0. The number of aliphatic hydroxyl groups is 2. The van der Waals surface area contributed by atoms with Crippen LogP contribution in [0.15, 0.2) is 4.52 Å². The lowest BCUT2D eigenvalue weighted by Crippen LogP contribution is -2.60. The number of rotatable bonds is 3. The van der Waals surface area contributed by atoms with Crippen LogP contribution in [0.5, 0.6) is 0 Å². The smallest absolute Gasteiger partial charge is 0.222 e. The van der Waals surface area contributed by atoms with E-state index >= 15 is 0 Å². The number of aromatic nitrogens is 1. The Morgan fingerprint density at radius 1 is 1.33 bits per heavy atom. The Bertz CT molecular complexity index is 572. The van der Waals surface area contributed by atoms with Gasteiger partial charge in [-0.2, -0.15) is 0 Å². The monoisotopic (exact) mass is 338 g/mol. The van der Waals surface area contributed by atoms with Crippen molar-refractivity contribution in [1.29, 1.82) is 0 Å². The molecule has 0 radical (unpaired) electrons. The number of nitrogens with zero attached hydrogens (tertiary/aromatic N) is 2. The molecule has 134 valence electrons. The van der Waals surface area contributed by atoms with Crippen molar-refractivity contribution in [3.05, 3.63) is 17.0 Å². The lowest BCUT2D eigenvalue weighted by Gasteiger charge is -2.48. The molecule has 2 aliphatic rings. The summed E-state index contributed by atoms with van der Waals surface area (Å²) < 4.78 is 10.9. The van der Waals surface area contributed by atoms with Crippen LogP contribution in [0.3, 0.4) is 0 Å². The van der Waals surface area contributed by atoms with Gasteiger partial charge in [0.25, 0.3) is 0 Å². The van der Waals surface area contributed by atoms with Crippen molar-refractivity contribution < 1.29 is 24.3 Å². The molecule has 0 saturated carbocycles. The Labute approximate surface area is 141 Å². The van der Waals surface area contributed by atoms with Crippen molar-refractivity contribution in [2.24, 2.45) is 0 Å². The zero-order valence-electron chi connectivity index (χ0n) is 14.3. The summed E-state index contributed by atoms with van der Waals surface area (Å²) in [7, 11) is 0. The van der Waals surface area contributed by atoms with Crippen LogP contribution in [-0.2, 0) is 16.0 Å². The van der Waals surface area contributed by atoms with E-state index in [0.29, 0.717) is 51.8 Å². The number of amides is 1. The number of hydrogen-bond donors (Lipinski definition) is 2. The van der Waals surface area contributed by atoms with E-state index in [1.165, 1.54) is 0 Å². The maximum Gasteiger partial charge on any atom is 0.222 e. The van der Waals surface area contributed by atoms with Crippen LogP contribution in [0, 0.1) is 13.8 Å². The SMILES string of the molecule is Cc1noc(C)c1CCC(=O)N1CCC2(CC1)OCC[C@H](O)[C@@H]2O. The molecule has 0 unspecified atom stereocenters. The summed E-state index contributed by atoms with van der Waals surface area (Å²) in [5.74, 6) is 0.862. The molecular formula is C17H26N2O5. The molecule has 7 nitrogen and oxygen atoms in total. The molecule has 0 bridgehead atoms. The maximum absolute atomic E-state index is 12.5. The fraction of sp³-hybridized carbons (Fsp3) is 0.765. The molecule has 7 heteroatoms. The molecule has 3 rings (SSSR count). The first-order chi connectivity index (χ1) is 11.4. The van der Waals surface area contributed by atoms with E-state index in [2.05, 4.69) is 5.16 Å². The average molecular weight is 338 g/mol. The van der Waals surface area contributed by atoms with E-state index in [4.69, 9.17) is 9.26 Å². The van der Waals surface area contributed by atoms with Crippen molar-refractivity contribution >= 4 is 5.91 Å². The van der Waals surface area contributed by atoms with Crippen LogP contribution in [0.25, 0.3) is 0 Å². The number of hydrogen-bond acceptors (Lipinski definition) is 6. The zero-order chi connectivity index (χ0) is 17.3. The van der Waals surface area contributed by atoms with Gasteiger partial charge in [-0.05, 0) is 39.5 Å². The predicted molar refractivity (Wildman–Crippen MR) is 85.4 cm³/mol. The fourth-order valence-corrected chi connectivity index (χ4v) is 3.80. The van der Waals surface area contributed by atoms with Crippen molar-refractivity contribution in [2.45, 2.75) is 63.8 Å². The summed E-state index contributed by atoms with van der Waals surface area (Å²) in [6.45, 7) is 5.29. The number of ether oxygens (including phenoxy) is 1. The Morgan fingerprint density at radius 2 is 2.04 bits per heavy atom. The highest BCUT2D eigenvalue weighted by molar-refractivity contribution is 5.76. The van der Waals surface area contributed by atoms with E-state index in [1.54, 1.807) is 0 Å². The summed E-state index contributed by atoms with van der Waals surface area (Å²) in [4.78, 5) is 14.3. The minimum absolute atomic E-state index is 0.0932. The molecule has 2 saturated heterocycles. The van der Waals surface area contributed by atoms with Crippen molar-refractivity contribution in [3.8, 4) is 0 Å². The van der Waals surface area contributed by atoms with Crippen molar-refractivity contribution in [1.82, 2.24) is 10.1 Å². The molecule has 3 heterocycles. The van der Waals surface area contributed by atoms with Crippen molar-refractivity contribution in [2.75, 3.05) is 19.7 Å². The topological polar surface area (TPSA) is 96.0 Å². The average Bonchev–Trinajstić information content (AvgIpc) is 2.89. The molecule has 0 aromatic carbocycles. The lowest BCUT2D eigenvalue weighted by atomic mass is 9.80. The van der Waals surface area contributed by atoms with Gasteiger partial charge in [-0.1, -0.05) is 5.16 Å². The maximum atomic E-state index is 12.5. The van der Waals surface area contributed by atoms with Crippen LogP contribution >= 0.6 is 0 Å². The predicted octanol–water partition coefficient (Wildman–Crippen LogP) is 0.727. The standard InChI is InChI=1S/C17H26N2O5/c1-11-13(12(2)24-18-11)3-4-15(21)19-8-6-17(7-9-19)16(22)14(20)5-10-23-17/h14,16,20,22H,3-10H2,1-2H3/t14-,16-/m0/s1. The highest BCUT2D eigenvalue weighted by atomic mass is 16.5. The molecule has 24 heavy (non-hydrogen) atoms. The van der Waals surface area contributed by atoms with E-state index in [0.717, 1.165) is 17.0 Å². The molecule has 1 spiro atoms. The number of aliphatic hydroxyl groups excluding tert-OH is 2. The number of piperidine rings is 1. The van der Waals surface area contributed by atoms with Gasteiger partial charge in [0.15, 0.2) is 0 Å². The van der Waals surface area contributed by atoms with Crippen LogP contribution < -0.4 is 0 Å². The van der Waals surface area contributed by atoms with E-state index in [1.807, 2.05) is 18.7 Å². The summed E-state index contributed by atoms with van der Waals surface area (Å²) in [5.41, 5.74) is 1.15. The second-order valence-corrected chi connectivity index (χ2v) is 6.90. The number of carbonyl (C=O) groups excluding carboxylic acids is 1. The molecule has 1 amide bonds. The Balaban J connectivity index is 1.54. The van der Waals surface area contributed by atoms with Gasteiger partial charge in [-0.25, -0.2) is 0 Å². The third-order valence-electron chi connectivity index (χ3n) is 5.44. The third kappa shape index (κ3) is 3.20. The summed E-state index contributed by atoms with van der Waals surface area (Å²) in [5, 5.41) is 24.1. The Morgan fingerprint density at radius 3 is 2.67 bits per heavy atom. The first-order valence-electron chi connectivity index (χ1n) is 8.62. The third-order valence-corrected chi connectivity index (χ3v) is 5.44. The number of likely N-dealkylation sites (tertiary alicyclic amines) is 1. The first-order valence-corrected chi connectivity index (χ1v) is 8.62. The molecule has 1 aromatic rings. The number of carbonyl (C=O) groups is 1. The van der Waals surface area contributed by atoms with Gasteiger partial charge in [-0.15, -0.1) is 0 Å². The molecule has 0 aliphatic carbocycles. The molecule has 2 fully saturated rings. The summed E-state index contributed by atoms with van der Waals surface area (Å²) in [6.07, 6.45) is 1.01. The second kappa shape index (κ2) is 6.82. The molecule has 1 aromatic heterocycles. The van der Waals surface area contributed by atoms with E-state index in [-0.39, 0.29) is 5.91 Å². The van der Waals surface area contributed by atoms with Gasteiger partial charge in [0.05, 0.1) is 24.0 Å². The highest BCUT2D eigenvalue weighted by Gasteiger charge is 2.47. The Hall–Kier alpha value is -1.44. The number of aryl methyl sites for hydroxylation is 2. The van der Waals surface area contributed by atoms with Gasteiger partial charge in [0.1, 0.15) is 11.9 Å².